The Morgan fingerprint density at radius 3 is 2.91 bits per heavy atom. The fourth-order valence-corrected chi connectivity index (χ4v) is 3.51. The van der Waals surface area contributed by atoms with E-state index in [9.17, 15) is 0 Å². The van der Waals surface area contributed by atoms with E-state index < -0.39 is 5.60 Å². The number of rotatable bonds is 3. The van der Waals surface area contributed by atoms with Crippen LogP contribution >= 0.6 is 11.6 Å². The van der Waals surface area contributed by atoms with E-state index in [0.29, 0.717) is 30.9 Å². The third-order valence-electron chi connectivity index (χ3n) is 4.84. The molecule has 5 nitrogen and oxygen atoms in total. The van der Waals surface area contributed by atoms with Crippen molar-refractivity contribution in [2.75, 3.05) is 33.0 Å². The fraction of sp³-hybridized carbons (Fsp3) is 0.688. The van der Waals surface area contributed by atoms with Gasteiger partial charge in [-0.2, -0.15) is 0 Å². The van der Waals surface area contributed by atoms with E-state index in [1.54, 1.807) is 0 Å². The molecule has 2 fully saturated rings. The van der Waals surface area contributed by atoms with E-state index in [1.807, 2.05) is 6.07 Å². The minimum Gasteiger partial charge on any atom is -0.490 e. The highest BCUT2D eigenvalue weighted by Crippen LogP contribution is 2.42. The topological polar surface area (TPSA) is 49.8 Å². The van der Waals surface area contributed by atoms with Crippen LogP contribution < -0.4 is 4.74 Å². The van der Waals surface area contributed by atoms with Crippen molar-refractivity contribution >= 4 is 11.6 Å². The molecule has 0 amide bonds. The summed E-state index contributed by atoms with van der Waals surface area (Å²) in [5.74, 6) is 1.29. The predicted octanol–water partition coefficient (Wildman–Crippen LogP) is 2.34. The van der Waals surface area contributed by atoms with Crippen molar-refractivity contribution < 1.29 is 18.9 Å². The zero-order valence-electron chi connectivity index (χ0n) is 12.6. The number of fused-ring (bicyclic) bond motifs is 2. The lowest BCUT2D eigenvalue weighted by Gasteiger charge is -2.36. The monoisotopic (exact) mass is 325 g/mol. The molecule has 0 bridgehead atoms. The van der Waals surface area contributed by atoms with Crippen LogP contribution in [0.2, 0.25) is 5.15 Å². The first kappa shape index (κ1) is 14.7. The Kier molecular flexibility index (Phi) is 3.77. The van der Waals surface area contributed by atoms with Crippen molar-refractivity contribution in [3.8, 4) is 5.75 Å². The van der Waals surface area contributed by atoms with Gasteiger partial charge in [0, 0.05) is 37.0 Å². The highest BCUT2D eigenvalue weighted by atomic mass is 35.5. The lowest BCUT2D eigenvalue weighted by molar-refractivity contribution is -0.0802. The molecule has 6 heteroatoms. The van der Waals surface area contributed by atoms with Gasteiger partial charge in [-0.1, -0.05) is 11.6 Å². The van der Waals surface area contributed by atoms with Gasteiger partial charge in [-0.3, -0.25) is 0 Å². The third kappa shape index (κ3) is 2.40. The number of hydrogen-bond donors (Lipinski definition) is 0. The molecular weight excluding hydrogens is 306 g/mol. The van der Waals surface area contributed by atoms with Crippen LogP contribution in [0.4, 0.5) is 0 Å². The van der Waals surface area contributed by atoms with E-state index >= 15 is 0 Å². The number of hydrogen-bond acceptors (Lipinski definition) is 5. The van der Waals surface area contributed by atoms with Crippen molar-refractivity contribution in [1.82, 2.24) is 4.98 Å². The molecule has 0 aliphatic carbocycles. The molecular formula is C16H20ClNO4. The lowest BCUT2D eigenvalue weighted by atomic mass is 9.89. The third-order valence-corrected chi connectivity index (χ3v) is 5.03. The van der Waals surface area contributed by atoms with E-state index in [0.717, 1.165) is 43.1 Å². The Bertz CT molecular complexity index is 570. The minimum absolute atomic E-state index is 0.106. The summed E-state index contributed by atoms with van der Waals surface area (Å²) in [6.07, 6.45) is 1.72. The predicted molar refractivity (Wildman–Crippen MR) is 80.4 cm³/mol. The highest BCUT2D eigenvalue weighted by molar-refractivity contribution is 6.29. The molecule has 4 rings (SSSR count). The van der Waals surface area contributed by atoms with Crippen LogP contribution in [0.1, 0.15) is 24.6 Å². The van der Waals surface area contributed by atoms with Crippen LogP contribution in [0.15, 0.2) is 6.07 Å². The van der Waals surface area contributed by atoms with Crippen LogP contribution in [0, 0.1) is 5.92 Å². The van der Waals surface area contributed by atoms with Crippen LogP contribution in [0.5, 0.6) is 5.75 Å². The summed E-state index contributed by atoms with van der Waals surface area (Å²) < 4.78 is 23.0. The van der Waals surface area contributed by atoms with Crippen molar-refractivity contribution in [2.45, 2.75) is 31.5 Å². The molecule has 3 aliphatic rings. The first-order valence-electron chi connectivity index (χ1n) is 7.84. The molecule has 1 spiro atoms. The molecule has 2 saturated heterocycles. The maximum atomic E-state index is 6.24. The Balaban J connectivity index is 1.68. The summed E-state index contributed by atoms with van der Waals surface area (Å²) in [4.78, 5) is 4.55. The van der Waals surface area contributed by atoms with E-state index in [-0.39, 0.29) is 6.10 Å². The van der Waals surface area contributed by atoms with Gasteiger partial charge in [0.05, 0.1) is 32.1 Å². The highest BCUT2D eigenvalue weighted by Gasteiger charge is 2.44. The Hall–Kier alpha value is -0.880. The molecule has 0 aromatic carbocycles. The average Bonchev–Trinajstić information content (AvgIpc) is 2.87. The number of pyridine rings is 1. The number of ether oxygens (including phenoxy) is 4. The summed E-state index contributed by atoms with van der Waals surface area (Å²) in [7, 11) is 0. The smallest absolute Gasteiger partial charge is 0.136 e. The summed E-state index contributed by atoms with van der Waals surface area (Å²) in [6.45, 7) is 5.52. The van der Waals surface area contributed by atoms with Crippen LogP contribution in [-0.2, 0) is 26.2 Å². The summed E-state index contributed by atoms with van der Waals surface area (Å²) in [5, 5.41) is 0.447. The number of nitrogens with zero attached hydrogens (tertiary/aromatic N) is 1. The molecule has 1 aromatic rings. The molecule has 3 aliphatic heterocycles. The maximum absolute atomic E-state index is 6.24. The summed E-state index contributed by atoms with van der Waals surface area (Å²) >= 11 is 6.24. The zero-order chi connectivity index (χ0) is 15.2. The molecule has 2 atom stereocenters. The Morgan fingerprint density at radius 1 is 1.36 bits per heavy atom. The summed E-state index contributed by atoms with van der Waals surface area (Å²) in [6, 6.07) is 1.82. The van der Waals surface area contributed by atoms with E-state index in [4.69, 9.17) is 30.5 Å². The molecule has 0 radical (unpaired) electrons. The van der Waals surface area contributed by atoms with Crippen molar-refractivity contribution in [3.05, 3.63) is 22.5 Å². The molecule has 0 N–H and O–H groups in total. The number of aromatic nitrogens is 1. The van der Waals surface area contributed by atoms with Gasteiger partial charge < -0.3 is 18.9 Å². The largest absolute Gasteiger partial charge is 0.490 e. The van der Waals surface area contributed by atoms with Crippen molar-refractivity contribution in [3.63, 3.8) is 0 Å². The second-order valence-corrected chi connectivity index (χ2v) is 6.67. The zero-order valence-corrected chi connectivity index (χ0v) is 13.4. The normalized spacial score (nSPS) is 29.2. The van der Waals surface area contributed by atoms with Crippen LogP contribution in [0.3, 0.4) is 0 Å². The molecule has 120 valence electrons. The van der Waals surface area contributed by atoms with Gasteiger partial charge in [0.1, 0.15) is 22.6 Å². The first-order chi connectivity index (χ1) is 10.7. The Morgan fingerprint density at radius 2 is 2.23 bits per heavy atom. The average molecular weight is 326 g/mol. The minimum atomic E-state index is -0.445. The fourth-order valence-electron chi connectivity index (χ4n) is 3.33. The maximum Gasteiger partial charge on any atom is 0.136 e. The molecule has 2 unspecified atom stereocenters. The van der Waals surface area contributed by atoms with Crippen molar-refractivity contribution in [1.29, 1.82) is 0 Å². The quantitative estimate of drug-likeness (QED) is 0.798. The van der Waals surface area contributed by atoms with Crippen molar-refractivity contribution in [2.24, 2.45) is 5.92 Å². The number of halogens is 1. The molecule has 1 aromatic heterocycles. The molecule has 0 saturated carbocycles. The second kappa shape index (κ2) is 5.64. The Labute approximate surface area is 134 Å². The van der Waals surface area contributed by atoms with Gasteiger partial charge in [0.2, 0.25) is 0 Å². The lowest BCUT2D eigenvalue weighted by Crippen LogP contribution is -2.40. The SMILES string of the molecule is CC(Oc1cc(Cl)nc2c1CCOC21CCOC1)C1COC1. The molecule has 4 heterocycles. The van der Waals surface area contributed by atoms with Gasteiger partial charge in [0.25, 0.3) is 0 Å². The van der Waals surface area contributed by atoms with Gasteiger partial charge in [-0.05, 0) is 6.92 Å². The van der Waals surface area contributed by atoms with E-state index in [2.05, 4.69) is 11.9 Å². The van der Waals surface area contributed by atoms with Gasteiger partial charge in [-0.15, -0.1) is 0 Å². The van der Waals surface area contributed by atoms with Crippen LogP contribution in [0.25, 0.3) is 0 Å². The van der Waals surface area contributed by atoms with Crippen LogP contribution in [-0.4, -0.2) is 44.1 Å². The molecule has 22 heavy (non-hydrogen) atoms. The summed E-state index contributed by atoms with van der Waals surface area (Å²) in [5.41, 5.74) is 1.57. The van der Waals surface area contributed by atoms with Gasteiger partial charge in [-0.25, -0.2) is 4.98 Å². The first-order valence-corrected chi connectivity index (χ1v) is 8.22. The second-order valence-electron chi connectivity index (χ2n) is 6.29. The van der Waals surface area contributed by atoms with E-state index in [1.165, 1.54) is 0 Å². The van der Waals surface area contributed by atoms with Gasteiger partial charge >= 0.3 is 0 Å². The van der Waals surface area contributed by atoms with Gasteiger partial charge in [0.15, 0.2) is 0 Å². The standard InChI is InChI=1S/C16H20ClNO4/c1-10(11-7-20-8-11)22-13-6-14(17)18-15-12(13)2-4-21-16(15)3-5-19-9-16/h6,10-11H,2-5,7-9H2,1H3.